The smallest absolute Gasteiger partial charge is 0.418 e. The molecular formula is C14H10ClF3NO2-. The Morgan fingerprint density at radius 3 is 2.71 bits per heavy atom. The Morgan fingerprint density at radius 2 is 2.10 bits per heavy atom. The summed E-state index contributed by atoms with van der Waals surface area (Å²) in [6.07, 6.45) is -0.652. The van der Waals surface area contributed by atoms with Crippen molar-refractivity contribution in [2.45, 2.75) is 24.6 Å². The van der Waals surface area contributed by atoms with Gasteiger partial charge in [0.05, 0.1) is 23.3 Å². The Balaban J connectivity index is 2.22. The van der Waals surface area contributed by atoms with E-state index in [-0.39, 0.29) is 16.6 Å². The van der Waals surface area contributed by atoms with Crippen LogP contribution in [0.1, 0.15) is 23.5 Å². The third-order valence-corrected chi connectivity index (χ3v) is 4.36. The Hall–Kier alpha value is -1.69. The zero-order chi connectivity index (χ0) is 15.4. The Bertz CT molecular complexity index is 642. The molecule has 7 heteroatoms. The van der Waals surface area contributed by atoms with Crippen LogP contribution in [-0.2, 0) is 11.0 Å². The van der Waals surface area contributed by atoms with Crippen LogP contribution in [-0.4, -0.2) is 12.0 Å². The molecule has 1 aromatic rings. The number of carbonyl (C=O) groups is 1. The lowest BCUT2D eigenvalue weighted by Crippen LogP contribution is -2.49. The van der Waals surface area contributed by atoms with Crippen LogP contribution in [0.3, 0.4) is 0 Å². The summed E-state index contributed by atoms with van der Waals surface area (Å²) in [6.45, 7) is 0. The van der Waals surface area contributed by atoms with Crippen LogP contribution >= 0.6 is 11.6 Å². The van der Waals surface area contributed by atoms with E-state index >= 15 is 0 Å². The topological polar surface area (TPSA) is 52.2 Å². The molecule has 0 bridgehead atoms. The highest BCUT2D eigenvalue weighted by molar-refractivity contribution is 6.32. The predicted molar refractivity (Wildman–Crippen MR) is 68.9 cm³/mol. The molecule has 1 heterocycles. The average molecular weight is 317 g/mol. The molecule has 1 aliphatic carbocycles. The van der Waals surface area contributed by atoms with E-state index < -0.39 is 29.7 Å². The van der Waals surface area contributed by atoms with E-state index in [4.69, 9.17) is 11.6 Å². The lowest BCUT2D eigenvalue weighted by atomic mass is 9.78. The number of anilines is 1. The Labute approximate surface area is 123 Å². The molecule has 0 radical (unpaired) electrons. The van der Waals surface area contributed by atoms with E-state index in [0.29, 0.717) is 12.0 Å². The summed E-state index contributed by atoms with van der Waals surface area (Å²) in [5, 5.41) is 13.9. The first-order chi connectivity index (χ1) is 9.80. The molecule has 0 saturated carbocycles. The maximum atomic E-state index is 13.1. The zero-order valence-electron chi connectivity index (χ0n) is 10.6. The van der Waals surface area contributed by atoms with E-state index in [1.807, 2.05) is 0 Å². The van der Waals surface area contributed by atoms with Gasteiger partial charge in [0.2, 0.25) is 0 Å². The van der Waals surface area contributed by atoms with Gasteiger partial charge in [-0.1, -0.05) is 23.8 Å². The molecule has 0 unspecified atom stereocenters. The Kier molecular flexibility index (Phi) is 3.16. The molecule has 1 aromatic carbocycles. The molecule has 3 atom stereocenters. The zero-order valence-corrected chi connectivity index (χ0v) is 11.3. The maximum absolute atomic E-state index is 13.1. The predicted octanol–water partition coefficient (Wildman–Crippen LogP) is 2.56. The van der Waals surface area contributed by atoms with Gasteiger partial charge in [-0.25, -0.2) is 0 Å². The van der Waals surface area contributed by atoms with Gasteiger partial charge in [-0.2, -0.15) is 13.2 Å². The number of rotatable bonds is 1. The van der Waals surface area contributed by atoms with Crippen molar-refractivity contribution in [3.8, 4) is 0 Å². The minimum Gasteiger partial charge on any atom is -0.548 e. The highest BCUT2D eigenvalue weighted by Gasteiger charge is 2.43. The van der Waals surface area contributed by atoms with Gasteiger partial charge in [0.15, 0.2) is 0 Å². The van der Waals surface area contributed by atoms with Crippen LogP contribution in [0, 0.1) is 5.92 Å². The van der Waals surface area contributed by atoms with Gasteiger partial charge in [-0.3, -0.25) is 0 Å². The van der Waals surface area contributed by atoms with Crippen molar-refractivity contribution in [3.63, 3.8) is 0 Å². The fourth-order valence-electron chi connectivity index (χ4n) is 3.13. The van der Waals surface area contributed by atoms with Crippen LogP contribution < -0.4 is 10.4 Å². The van der Waals surface area contributed by atoms with Crippen LogP contribution in [0.15, 0.2) is 24.3 Å². The van der Waals surface area contributed by atoms with E-state index in [2.05, 4.69) is 5.32 Å². The fraction of sp³-hybridized carbons (Fsp3) is 0.357. The minimum absolute atomic E-state index is 0.198. The van der Waals surface area contributed by atoms with Gasteiger partial charge in [0.1, 0.15) is 0 Å². The minimum atomic E-state index is -4.59. The number of benzene rings is 1. The first-order valence-corrected chi connectivity index (χ1v) is 6.72. The molecule has 0 saturated heterocycles. The third kappa shape index (κ3) is 2.18. The van der Waals surface area contributed by atoms with Crippen molar-refractivity contribution in [1.29, 1.82) is 0 Å². The Morgan fingerprint density at radius 1 is 1.38 bits per heavy atom. The third-order valence-electron chi connectivity index (χ3n) is 4.03. The number of allylic oxidation sites excluding steroid dienone is 2. The van der Waals surface area contributed by atoms with Crippen molar-refractivity contribution in [2.24, 2.45) is 5.92 Å². The number of fused-ring (bicyclic) bond motifs is 3. The SMILES string of the molecule is O=C([O-])[C@@H]1Nc2c(C(F)(F)F)ccc(Cl)c2[C@H]2C=CC[C@H]21. The van der Waals surface area contributed by atoms with E-state index in [0.717, 1.165) is 6.07 Å². The molecule has 1 aliphatic heterocycles. The lowest BCUT2D eigenvalue weighted by Gasteiger charge is -2.39. The summed E-state index contributed by atoms with van der Waals surface area (Å²) in [5.41, 5.74) is -0.855. The number of hydrogen-bond donors (Lipinski definition) is 1. The molecule has 3 rings (SSSR count). The lowest BCUT2D eigenvalue weighted by molar-refractivity contribution is -0.308. The number of carboxylic acids is 1. The number of halogens is 4. The molecule has 0 aromatic heterocycles. The average Bonchev–Trinajstić information content (AvgIpc) is 2.84. The fourth-order valence-corrected chi connectivity index (χ4v) is 3.42. The van der Waals surface area contributed by atoms with Gasteiger partial charge >= 0.3 is 6.18 Å². The van der Waals surface area contributed by atoms with Crippen LogP contribution in [0.4, 0.5) is 18.9 Å². The maximum Gasteiger partial charge on any atom is 0.418 e. The monoisotopic (exact) mass is 316 g/mol. The number of aliphatic carboxylic acids is 1. The molecule has 21 heavy (non-hydrogen) atoms. The van der Waals surface area contributed by atoms with Crippen molar-refractivity contribution in [3.05, 3.63) is 40.4 Å². The number of carbonyl (C=O) groups excluding carboxylic acids is 1. The second kappa shape index (κ2) is 4.66. The summed E-state index contributed by atoms with van der Waals surface area (Å²) < 4.78 is 39.3. The van der Waals surface area contributed by atoms with E-state index in [1.165, 1.54) is 6.07 Å². The second-order valence-corrected chi connectivity index (χ2v) is 5.58. The van der Waals surface area contributed by atoms with Gasteiger partial charge < -0.3 is 15.2 Å². The number of alkyl halides is 3. The van der Waals surface area contributed by atoms with E-state index in [9.17, 15) is 23.1 Å². The number of carboxylic acid groups (broad SMARTS) is 1. The molecule has 1 N–H and O–H groups in total. The molecule has 2 aliphatic rings. The molecule has 0 fully saturated rings. The van der Waals surface area contributed by atoms with Crippen LogP contribution in [0.2, 0.25) is 5.02 Å². The van der Waals surface area contributed by atoms with Crippen LogP contribution in [0.25, 0.3) is 0 Å². The van der Waals surface area contributed by atoms with Gasteiger partial charge in [-0.05, 0) is 24.5 Å². The summed E-state index contributed by atoms with van der Waals surface area (Å²) in [5.74, 6) is -2.24. The first kappa shape index (κ1) is 14.3. The molecule has 0 spiro atoms. The number of hydrogen-bond acceptors (Lipinski definition) is 3. The van der Waals surface area contributed by atoms with Crippen LogP contribution in [0.5, 0.6) is 0 Å². The molecular weight excluding hydrogens is 307 g/mol. The van der Waals surface area contributed by atoms with Crippen molar-refractivity contribution in [1.82, 2.24) is 0 Å². The van der Waals surface area contributed by atoms with Crippen molar-refractivity contribution < 1.29 is 23.1 Å². The standard InChI is InChI=1S/C14H11ClF3NO2/c15-9-5-4-8(14(16,17)18)12-10(9)6-2-1-3-7(6)11(19-12)13(20)21/h1-2,4-7,11,19H,3H2,(H,20,21)/p-1/t6-,7+,11+/m0/s1. The molecule has 112 valence electrons. The first-order valence-electron chi connectivity index (χ1n) is 6.34. The molecule has 3 nitrogen and oxygen atoms in total. The highest BCUT2D eigenvalue weighted by atomic mass is 35.5. The normalized spacial score (nSPS) is 27.0. The largest absolute Gasteiger partial charge is 0.548 e. The summed E-state index contributed by atoms with van der Waals surface area (Å²) in [7, 11) is 0. The van der Waals surface area contributed by atoms with Crippen molar-refractivity contribution >= 4 is 23.3 Å². The molecule has 0 amide bonds. The summed E-state index contributed by atoms with van der Waals surface area (Å²) in [4.78, 5) is 11.2. The van der Waals surface area contributed by atoms with E-state index in [1.54, 1.807) is 12.2 Å². The summed E-state index contributed by atoms with van der Waals surface area (Å²) in [6, 6.07) is 0.893. The quantitative estimate of drug-likeness (QED) is 0.810. The van der Waals surface area contributed by atoms with Crippen molar-refractivity contribution in [2.75, 3.05) is 5.32 Å². The summed E-state index contributed by atoms with van der Waals surface area (Å²) >= 11 is 6.05. The highest BCUT2D eigenvalue weighted by Crippen LogP contribution is 2.50. The second-order valence-electron chi connectivity index (χ2n) is 5.18. The number of nitrogens with one attached hydrogen (secondary N) is 1. The van der Waals surface area contributed by atoms with Gasteiger partial charge in [0, 0.05) is 16.5 Å². The van der Waals surface area contributed by atoms with Gasteiger partial charge in [-0.15, -0.1) is 0 Å². The van der Waals surface area contributed by atoms with Gasteiger partial charge in [0.25, 0.3) is 0 Å².